The molecule has 2 aliphatic carbocycles. The quantitative estimate of drug-likeness (QED) is 0.335. The molecule has 1 aliphatic heterocycles. The van der Waals surface area contributed by atoms with Crippen molar-refractivity contribution in [3.05, 3.63) is 42.5 Å². The Hall–Kier alpha value is -3.74. The summed E-state index contributed by atoms with van der Waals surface area (Å²) in [6, 6.07) is 3.38. The molecule has 0 amide bonds. The third-order valence-corrected chi connectivity index (χ3v) is 9.74. The average Bonchev–Trinajstić information content (AvgIpc) is 3.51. The average molecular weight is 618 g/mol. The first-order valence-corrected chi connectivity index (χ1v) is 15.6. The molecule has 3 N–H and O–H groups in total. The first-order chi connectivity index (χ1) is 20.6. The SMILES string of the molecule is O=S(=O)(C1CC1)n1cc(-c2nccc(Nc3cc(NC4CCC(O)CC4)c(C#C[C@H]4CCO[C@H]4C(F)(F)F)cn3)n2)cn1. The maximum atomic E-state index is 13.4. The summed E-state index contributed by atoms with van der Waals surface area (Å²) in [5, 5.41) is 20.0. The summed E-state index contributed by atoms with van der Waals surface area (Å²) in [6.07, 6.45) is 3.20. The lowest BCUT2D eigenvalue weighted by Crippen LogP contribution is -2.33. The zero-order valence-corrected chi connectivity index (χ0v) is 23.8. The fourth-order valence-corrected chi connectivity index (χ4v) is 6.67. The Morgan fingerprint density at radius 3 is 2.58 bits per heavy atom. The predicted octanol–water partition coefficient (Wildman–Crippen LogP) is 3.85. The number of anilines is 3. The minimum absolute atomic E-state index is 0.00181. The molecule has 3 aromatic rings. The second kappa shape index (κ2) is 11.7. The third-order valence-electron chi connectivity index (χ3n) is 7.70. The lowest BCUT2D eigenvalue weighted by Gasteiger charge is -2.27. The highest BCUT2D eigenvalue weighted by Crippen LogP contribution is 2.35. The number of aliphatic hydroxyl groups is 1. The Morgan fingerprint density at radius 2 is 1.84 bits per heavy atom. The summed E-state index contributed by atoms with van der Waals surface area (Å²) in [7, 11) is -3.53. The van der Waals surface area contributed by atoms with E-state index in [1.807, 2.05) is 0 Å². The van der Waals surface area contributed by atoms with Crippen molar-refractivity contribution < 1.29 is 31.4 Å². The van der Waals surface area contributed by atoms with E-state index in [4.69, 9.17) is 4.74 Å². The monoisotopic (exact) mass is 617 g/mol. The van der Waals surface area contributed by atoms with Crippen molar-refractivity contribution in [3.8, 4) is 23.2 Å². The van der Waals surface area contributed by atoms with E-state index < -0.39 is 33.5 Å². The molecule has 228 valence electrons. The molecule has 1 saturated heterocycles. The van der Waals surface area contributed by atoms with Crippen LogP contribution in [-0.4, -0.2) is 73.9 Å². The van der Waals surface area contributed by atoms with E-state index in [1.54, 1.807) is 12.1 Å². The zero-order chi connectivity index (χ0) is 30.2. The lowest BCUT2D eigenvalue weighted by atomic mass is 9.93. The van der Waals surface area contributed by atoms with Crippen molar-refractivity contribution in [1.82, 2.24) is 24.1 Å². The molecular formula is C28H30F3N7O4S. The molecule has 6 rings (SSSR count). The molecule has 3 aliphatic rings. The summed E-state index contributed by atoms with van der Waals surface area (Å²) in [5.74, 6) is 5.72. The molecule has 0 unspecified atom stereocenters. The van der Waals surface area contributed by atoms with Crippen molar-refractivity contribution in [2.75, 3.05) is 17.2 Å². The van der Waals surface area contributed by atoms with E-state index in [-0.39, 0.29) is 31.0 Å². The Morgan fingerprint density at radius 1 is 1.05 bits per heavy atom. The van der Waals surface area contributed by atoms with Crippen LogP contribution in [0.2, 0.25) is 0 Å². The maximum Gasteiger partial charge on any atom is 0.415 e. The first-order valence-electron chi connectivity index (χ1n) is 14.1. The fourth-order valence-electron chi connectivity index (χ4n) is 5.19. The highest BCUT2D eigenvalue weighted by Gasteiger charge is 2.48. The molecule has 3 aromatic heterocycles. The molecule has 0 bridgehead atoms. The number of pyridine rings is 1. The molecule has 43 heavy (non-hydrogen) atoms. The summed E-state index contributed by atoms with van der Waals surface area (Å²) in [6.45, 7) is -0.00181. The van der Waals surface area contributed by atoms with E-state index in [2.05, 4.69) is 42.5 Å². The molecule has 15 heteroatoms. The summed E-state index contributed by atoms with van der Waals surface area (Å²) >= 11 is 0. The van der Waals surface area contributed by atoms with Crippen molar-refractivity contribution in [1.29, 1.82) is 0 Å². The predicted molar refractivity (Wildman–Crippen MR) is 151 cm³/mol. The number of nitrogens with one attached hydrogen (secondary N) is 2. The highest BCUT2D eigenvalue weighted by molar-refractivity contribution is 7.90. The third kappa shape index (κ3) is 6.76. The number of aliphatic hydroxyl groups excluding tert-OH is 1. The Balaban J connectivity index is 1.24. The smallest absolute Gasteiger partial charge is 0.393 e. The van der Waals surface area contributed by atoms with Crippen LogP contribution in [0.25, 0.3) is 11.4 Å². The van der Waals surface area contributed by atoms with E-state index in [0.717, 1.165) is 16.9 Å². The number of aromatic nitrogens is 5. The number of hydrogen-bond acceptors (Lipinski definition) is 10. The number of hydrogen-bond donors (Lipinski definition) is 3. The van der Waals surface area contributed by atoms with Gasteiger partial charge < -0.3 is 20.5 Å². The summed E-state index contributed by atoms with van der Waals surface area (Å²) in [4.78, 5) is 13.1. The van der Waals surface area contributed by atoms with Crippen molar-refractivity contribution in [3.63, 3.8) is 0 Å². The summed E-state index contributed by atoms with van der Waals surface area (Å²) in [5.41, 5.74) is 1.47. The van der Waals surface area contributed by atoms with Gasteiger partial charge in [-0.1, -0.05) is 11.8 Å². The molecule has 2 saturated carbocycles. The highest BCUT2D eigenvalue weighted by atomic mass is 32.2. The number of nitrogens with zero attached hydrogens (tertiary/aromatic N) is 5. The van der Waals surface area contributed by atoms with Crippen molar-refractivity contribution >= 4 is 27.3 Å². The van der Waals surface area contributed by atoms with Gasteiger partial charge in [-0.15, -0.1) is 0 Å². The number of rotatable bonds is 7. The van der Waals surface area contributed by atoms with Gasteiger partial charge in [-0.3, -0.25) is 0 Å². The van der Waals surface area contributed by atoms with Gasteiger partial charge in [0.05, 0.1) is 46.5 Å². The summed E-state index contributed by atoms with van der Waals surface area (Å²) < 4.78 is 70.9. The van der Waals surface area contributed by atoms with Gasteiger partial charge in [0.1, 0.15) is 11.6 Å². The van der Waals surface area contributed by atoms with Crippen molar-refractivity contribution in [2.24, 2.45) is 5.92 Å². The molecule has 0 aromatic carbocycles. The van der Waals surface area contributed by atoms with Gasteiger partial charge >= 0.3 is 6.18 Å². The molecule has 0 spiro atoms. The van der Waals surface area contributed by atoms with Crippen LogP contribution in [0.15, 0.2) is 36.9 Å². The fraction of sp³-hybridized carbons (Fsp3) is 0.500. The maximum absolute atomic E-state index is 13.4. The van der Waals surface area contributed by atoms with Crippen LogP contribution in [0.5, 0.6) is 0 Å². The molecule has 3 fully saturated rings. The topological polar surface area (TPSA) is 144 Å². The van der Waals surface area contributed by atoms with Crippen LogP contribution in [0.4, 0.5) is 30.5 Å². The normalized spacial score (nSPS) is 24.3. The van der Waals surface area contributed by atoms with Gasteiger partial charge in [-0.2, -0.15) is 22.4 Å². The minimum atomic E-state index is -4.49. The standard InChI is InChI=1S/C28H30F3N7O4S/c29-28(30,31)26-17(10-12-42-26)1-2-18-14-33-25(13-23(18)35-20-3-5-21(39)6-4-20)36-24-9-11-32-27(37-24)19-15-34-38(16-19)43(40,41)22-7-8-22/h9,11,13-17,20-22,26,39H,3-8,10,12H2,(H2,32,33,35,36,37)/t17-,20?,21?,26+/m0/s1. The van der Waals surface area contributed by atoms with E-state index >= 15 is 0 Å². The zero-order valence-electron chi connectivity index (χ0n) is 23.0. The lowest BCUT2D eigenvalue weighted by molar-refractivity contribution is -0.212. The van der Waals surface area contributed by atoms with Crippen LogP contribution in [0, 0.1) is 17.8 Å². The second-order valence-electron chi connectivity index (χ2n) is 11.0. The Kier molecular flexibility index (Phi) is 8.01. The number of halogens is 3. The van der Waals surface area contributed by atoms with E-state index in [0.29, 0.717) is 54.1 Å². The van der Waals surface area contributed by atoms with E-state index in [1.165, 1.54) is 24.8 Å². The van der Waals surface area contributed by atoms with Gasteiger partial charge in [0.15, 0.2) is 11.9 Å². The van der Waals surface area contributed by atoms with Gasteiger partial charge in [-0.25, -0.2) is 23.4 Å². The molecular weight excluding hydrogens is 587 g/mol. The van der Waals surface area contributed by atoms with Gasteiger partial charge in [-0.05, 0) is 51.0 Å². The van der Waals surface area contributed by atoms with E-state index in [9.17, 15) is 26.7 Å². The van der Waals surface area contributed by atoms with Crippen LogP contribution >= 0.6 is 0 Å². The first kappa shape index (κ1) is 29.3. The van der Waals surface area contributed by atoms with Crippen molar-refractivity contribution in [2.45, 2.75) is 74.6 Å². The van der Waals surface area contributed by atoms with Crippen LogP contribution in [0.1, 0.15) is 50.5 Å². The van der Waals surface area contributed by atoms with Crippen LogP contribution in [-0.2, 0) is 14.8 Å². The molecule has 0 radical (unpaired) electrons. The number of alkyl halides is 3. The van der Waals surface area contributed by atoms with Gasteiger partial charge in [0.25, 0.3) is 10.0 Å². The van der Waals surface area contributed by atoms with Crippen LogP contribution < -0.4 is 10.6 Å². The number of ether oxygens (including phenoxy) is 1. The largest absolute Gasteiger partial charge is 0.415 e. The second-order valence-corrected chi connectivity index (χ2v) is 13.1. The Labute approximate surface area is 246 Å². The molecule has 11 nitrogen and oxygen atoms in total. The molecule has 2 atom stereocenters. The molecule has 4 heterocycles. The van der Waals surface area contributed by atoms with Gasteiger partial charge in [0.2, 0.25) is 0 Å². The minimum Gasteiger partial charge on any atom is -0.393 e. The Bertz CT molecular complexity index is 1640. The van der Waals surface area contributed by atoms with Crippen LogP contribution in [0.3, 0.4) is 0 Å². The van der Waals surface area contributed by atoms with Gasteiger partial charge in [0, 0.05) is 31.1 Å².